The summed E-state index contributed by atoms with van der Waals surface area (Å²) in [7, 11) is 0. The van der Waals surface area contributed by atoms with Crippen molar-refractivity contribution in [2.45, 2.75) is 63.8 Å². The van der Waals surface area contributed by atoms with Crippen molar-refractivity contribution < 1.29 is 9.59 Å². The molecule has 0 radical (unpaired) electrons. The van der Waals surface area contributed by atoms with E-state index in [1.165, 1.54) is 43.4 Å². The average Bonchev–Trinajstić information content (AvgIpc) is 3.11. The SMILES string of the molecule is O=C(NC1CCCCCCC1)C1CCN(C(=O)c2cccs2)CC1. The fraction of sp³-hybridized carbons (Fsp3) is 0.684. The van der Waals surface area contributed by atoms with Gasteiger partial charge in [-0.3, -0.25) is 9.59 Å². The molecule has 1 saturated heterocycles. The number of likely N-dealkylation sites (tertiary alicyclic amines) is 1. The minimum absolute atomic E-state index is 0.0721. The van der Waals surface area contributed by atoms with E-state index in [-0.39, 0.29) is 17.7 Å². The highest BCUT2D eigenvalue weighted by molar-refractivity contribution is 7.12. The van der Waals surface area contributed by atoms with Crippen LogP contribution in [0.5, 0.6) is 0 Å². The van der Waals surface area contributed by atoms with Crippen LogP contribution < -0.4 is 5.32 Å². The molecule has 1 aliphatic carbocycles. The molecule has 1 N–H and O–H groups in total. The van der Waals surface area contributed by atoms with E-state index in [2.05, 4.69) is 5.32 Å². The van der Waals surface area contributed by atoms with Crippen molar-refractivity contribution in [3.05, 3.63) is 22.4 Å². The van der Waals surface area contributed by atoms with E-state index in [0.29, 0.717) is 19.1 Å². The van der Waals surface area contributed by atoms with Crippen LogP contribution in [-0.2, 0) is 4.79 Å². The van der Waals surface area contributed by atoms with E-state index in [1.807, 2.05) is 22.4 Å². The highest BCUT2D eigenvalue weighted by Crippen LogP contribution is 2.22. The van der Waals surface area contributed by atoms with Crippen LogP contribution >= 0.6 is 11.3 Å². The molecule has 24 heavy (non-hydrogen) atoms. The van der Waals surface area contributed by atoms with Gasteiger partial charge in [0.1, 0.15) is 0 Å². The van der Waals surface area contributed by atoms with Gasteiger partial charge in [0.25, 0.3) is 5.91 Å². The van der Waals surface area contributed by atoms with Gasteiger partial charge in [0.2, 0.25) is 5.91 Å². The van der Waals surface area contributed by atoms with Crippen molar-refractivity contribution in [1.29, 1.82) is 0 Å². The molecule has 0 bridgehead atoms. The largest absolute Gasteiger partial charge is 0.353 e. The Kier molecular flexibility index (Phi) is 6.30. The molecule has 1 aromatic rings. The molecule has 132 valence electrons. The van der Waals surface area contributed by atoms with Crippen LogP contribution in [0, 0.1) is 5.92 Å². The van der Waals surface area contributed by atoms with Crippen molar-refractivity contribution in [1.82, 2.24) is 10.2 Å². The molecule has 0 unspecified atom stereocenters. The van der Waals surface area contributed by atoms with Crippen LogP contribution in [0.3, 0.4) is 0 Å². The lowest BCUT2D eigenvalue weighted by Gasteiger charge is -2.32. The Labute approximate surface area is 148 Å². The summed E-state index contributed by atoms with van der Waals surface area (Å²) in [6.45, 7) is 1.39. The summed E-state index contributed by atoms with van der Waals surface area (Å²) < 4.78 is 0. The third kappa shape index (κ3) is 4.59. The van der Waals surface area contributed by atoms with Gasteiger partial charge < -0.3 is 10.2 Å². The molecule has 1 aromatic heterocycles. The van der Waals surface area contributed by atoms with Gasteiger partial charge in [0.15, 0.2) is 0 Å². The molecule has 0 aromatic carbocycles. The summed E-state index contributed by atoms with van der Waals surface area (Å²) in [6, 6.07) is 4.15. The zero-order valence-electron chi connectivity index (χ0n) is 14.3. The molecule has 2 heterocycles. The maximum absolute atomic E-state index is 12.6. The van der Waals surface area contributed by atoms with Crippen molar-refractivity contribution in [2.24, 2.45) is 5.92 Å². The second-order valence-electron chi connectivity index (χ2n) is 7.09. The lowest BCUT2D eigenvalue weighted by atomic mass is 9.93. The van der Waals surface area contributed by atoms with E-state index in [4.69, 9.17) is 0 Å². The highest BCUT2D eigenvalue weighted by atomic mass is 32.1. The first-order chi connectivity index (χ1) is 11.7. The number of carbonyl (C=O) groups is 2. The molecule has 3 rings (SSSR count). The number of nitrogens with zero attached hydrogens (tertiary/aromatic N) is 1. The molecule has 1 aliphatic heterocycles. The predicted octanol–water partition coefficient (Wildman–Crippen LogP) is 3.83. The number of thiophene rings is 1. The number of carbonyl (C=O) groups excluding carboxylic acids is 2. The monoisotopic (exact) mass is 348 g/mol. The van der Waals surface area contributed by atoms with Crippen molar-refractivity contribution >= 4 is 23.2 Å². The molecular formula is C19H28N2O2S. The minimum atomic E-state index is 0.0721. The van der Waals surface area contributed by atoms with Crippen LogP contribution in [0.15, 0.2) is 17.5 Å². The van der Waals surface area contributed by atoms with Gasteiger partial charge >= 0.3 is 0 Å². The van der Waals surface area contributed by atoms with E-state index in [1.54, 1.807) is 0 Å². The third-order valence-corrected chi connectivity index (χ3v) is 6.19. The third-order valence-electron chi connectivity index (χ3n) is 5.34. The van der Waals surface area contributed by atoms with Crippen molar-refractivity contribution in [2.75, 3.05) is 13.1 Å². The lowest BCUT2D eigenvalue weighted by Crippen LogP contribution is -2.45. The summed E-state index contributed by atoms with van der Waals surface area (Å²) >= 11 is 1.49. The standard InChI is InChI=1S/C19H28N2O2S/c22-18(20-16-7-4-2-1-3-5-8-16)15-10-12-21(13-11-15)19(23)17-9-6-14-24-17/h6,9,14-16H,1-5,7-8,10-13H2,(H,20,22). The molecule has 0 atom stereocenters. The van der Waals surface area contributed by atoms with Gasteiger partial charge in [-0.1, -0.05) is 38.2 Å². The Morgan fingerprint density at radius 2 is 1.67 bits per heavy atom. The Hall–Kier alpha value is -1.36. The molecule has 2 fully saturated rings. The van der Waals surface area contributed by atoms with Gasteiger partial charge in [-0.15, -0.1) is 11.3 Å². The first-order valence-corrected chi connectivity index (χ1v) is 10.2. The van der Waals surface area contributed by atoms with Gasteiger partial charge in [-0.2, -0.15) is 0 Å². The second kappa shape index (κ2) is 8.65. The van der Waals surface area contributed by atoms with Crippen LogP contribution in [0.4, 0.5) is 0 Å². The number of hydrogen-bond acceptors (Lipinski definition) is 3. The summed E-state index contributed by atoms with van der Waals surface area (Å²) in [6.07, 6.45) is 10.2. The Balaban J connectivity index is 1.45. The molecule has 0 spiro atoms. The van der Waals surface area contributed by atoms with Crippen LogP contribution in [0.2, 0.25) is 0 Å². The summed E-state index contributed by atoms with van der Waals surface area (Å²) in [4.78, 5) is 27.6. The summed E-state index contributed by atoms with van der Waals surface area (Å²) in [5, 5.41) is 5.22. The number of nitrogens with one attached hydrogen (secondary N) is 1. The molecule has 2 amide bonds. The maximum Gasteiger partial charge on any atom is 0.263 e. The second-order valence-corrected chi connectivity index (χ2v) is 8.04. The summed E-state index contributed by atoms with van der Waals surface area (Å²) in [5.41, 5.74) is 0. The summed E-state index contributed by atoms with van der Waals surface area (Å²) in [5.74, 6) is 0.399. The Bertz CT molecular complexity index is 528. The molecule has 2 aliphatic rings. The van der Waals surface area contributed by atoms with Crippen molar-refractivity contribution in [3.8, 4) is 0 Å². The number of hydrogen-bond donors (Lipinski definition) is 1. The highest BCUT2D eigenvalue weighted by Gasteiger charge is 2.29. The fourth-order valence-electron chi connectivity index (χ4n) is 3.82. The quantitative estimate of drug-likeness (QED) is 0.902. The van der Waals surface area contributed by atoms with Crippen molar-refractivity contribution in [3.63, 3.8) is 0 Å². The van der Waals surface area contributed by atoms with Gasteiger partial charge in [0.05, 0.1) is 4.88 Å². The zero-order valence-corrected chi connectivity index (χ0v) is 15.2. The van der Waals surface area contributed by atoms with Crippen LogP contribution in [0.25, 0.3) is 0 Å². The van der Waals surface area contributed by atoms with E-state index >= 15 is 0 Å². The number of amides is 2. The Morgan fingerprint density at radius 3 is 2.29 bits per heavy atom. The van der Waals surface area contributed by atoms with E-state index < -0.39 is 0 Å². The zero-order chi connectivity index (χ0) is 16.8. The molecule has 1 saturated carbocycles. The first kappa shape index (κ1) is 17.5. The minimum Gasteiger partial charge on any atom is -0.353 e. The molecule has 4 nitrogen and oxygen atoms in total. The molecule has 5 heteroatoms. The number of piperidine rings is 1. The van der Waals surface area contributed by atoms with Gasteiger partial charge in [-0.05, 0) is 37.1 Å². The topological polar surface area (TPSA) is 49.4 Å². The van der Waals surface area contributed by atoms with E-state index in [9.17, 15) is 9.59 Å². The smallest absolute Gasteiger partial charge is 0.263 e. The van der Waals surface area contributed by atoms with Gasteiger partial charge in [-0.25, -0.2) is 0 Å². The van der Waals surface area contributed by atoms with Crippen LogP contribution in [0.1, 0.15) is 67.5 Å². The van der Waals surface area contributed by atoms with E-state index in [0.717, 1.165) is 30.6 Å². The average molecular weight is 349 g/mol. The first-order valence-electron chi connectivity index (χ1n) is 9.37. The normalized spacial score (nSPS) is 21.1. The predicted molar refractivity (Wildman–Crippen MR) is 97.2 cm³/mol. The molecular weight excluding hydrogens is 320 g/mol. The maximum atomic E-state index is 12.6. The lowest BCUT2D eigenvalue weighted by molar-refractivity contribution is -0.127. The van der Waals surface area contributed by atoms with Gasteiger partial charge in [0, 0.05) is 25.0 Å². The van der Waals surface area contributed by atoms with Crippen LogP contribution in [-0.4, -0.2) is 35.8 Å². The Morgan fingerprint density at radius 1 is 1.00 bits per heavy atom. The fourth-order valence-corrected chi connectivity index (χ4v) is 4.51. The number of rotatable bonds is 3.